The van der Waals surface area contributed by atoms with E-state index in [2.05, 4.69) is 10.6 Å². The van der Waals surface area contributed by atoms with Gasteiger partial charge in [-0.05, 0) is 26.8 Å². The van der Waals surface area contributed by atoms with Crippen LogP contribution in [0.15, 0.2) is 0 Å². The van der Waals surface area contributed by atoms with Gasteiger partial charge in [-0.15, -0.1) is 12.4 Å². The Kier molecular flexibility index (Phi) is 7.74. The molecule has 1 heterocycles. The molecular formula is C10H21ClN2O2. The predicted molar refractivity (Wildman–Crippen MR) is 62.4 cm³/mol. The Bertz CT molecular complexity index is 184. The van der Waals surface area contributed by atoms with Gasteiger partial charge in [-0.1, -0.05) is 0 Å². The van der Waals surface area contributed by atoms with E-state index in [4.69, 9.17) is 4.74 Å². The molecule has 1 aliphatic heterocycles. The van der Waals surface area contributed by atoms with Crippen LogP contribution >= 0.6 is 12.4 Å². The van der Waals surface area contributed by atoms with Crippen LogP contribution in [0.4, 0.5) is 0 Å². The van der Waals surface area contributed by atoms with E-state index in [9.17, 15) is 4.79 Å². The molecule has 0 spiro atoms. The molecule has 0 aromatic carbocycles. The minimum Gasteiger partial charge on any atom is -0.376 e. The van der Waals surface area contributed by atoms with Gasteiger partial charge < -0.3 is 15.4 Å². The number of nitrogens with one attached hydrogen (secondary N) is 2. The Hall–Kier alpha value is -0.320. The summed E-state index contributed by atoms with van der Waals surface area (Å²) in [5.74, 6) is 0.0994. The fraction of sp³-hybridized carbons (Fsp3) is 0.900. The molecular weight excluding hydrogens is 216 g/mol. The lowest BCUT2D eigenvalue weighted by molar-refractivity contribution is -0.122. The molecule has 4 nitrogen and oxygen atoms in total. The standard InChI is InChI=1S/C10H20N2O2.ClH/c1-8(9-4-3-7-14-9)12-10(13)5-6-11-2;/h8-9,11H,3-7H2,1-2H3,(H,12,13);1H. The molecule has 0 radical (unpaired) electrons. The molecule has 0 aromatic heterocycles. The van der Waals surface area contributed by atoms with Gasteiger partial charge in [0.1, 0.15) is 0 Å². The van der Waals surface area contributed by atoms with Crippen LogP contribution in [0.3, 0.4) is 0 Å². The summed E-state index contributed by atoms with van der Waals surface area (Å²) in [4.78, 5) is 11.4. The van der Waals surface area contributed by atoms with E-state index in [1.807, 2.05) is 14.0 Å². The van der Waals surface area contributed by atoms with E-state index in [0.29, 0.717) is 6.42 Å². The number of carbonyl (C=O) groups is 1. The number of amides is 1. The molecule has 1 amide bonds. The molecule has 0 aromatic rings. The molecule has 2 unspecified atom stereocenters. The predicted octanol–water partition coefficient (Wildman–Crippen LogP) is 0.701. The number of rotatable bonds is 5. The highest BCUT2D eigenvalue weighted by Crippen LogP contribution is 2.15. The maximum absolute atomic E-state index is 11.4. The fourth-order valence-corrected chi connectivity index (χ4v) is 1.65. The van der Waals surface area contributed by atoms with Gasteiger partial charge in [-0.25, -0.2) is 0 Å². The fourth-order valence-electron chi connectivity index (χ4n) is 1.65. The van der Waals surface area contributed by atoms with Crippen molar-refractivity contribution in [1.82, 2.24) is 10.6 Å². The van der Waals surface area contributed by atoms with Crippen LogP contribution < -0.4 is 10.6 Å². The lowest BCUT2D eigenvalue weighted by Gasteiger charge is -2.19. The van der Waals surface area contributed by atoms with Gasteiger partial charge in [0, 0.05) is 19.6 Å². The molecule has 1 saturated heterocycles. The first-order chi connectivity index (χ1) is 6.74. The molecule has 0 bridgehead atoms. The van der Waals surface area contributed by atoms with Crippen molar-refractivity contribution >= 4 is 18.3 Å². The topological polar surface area (TPSA) is 50.4 Å². The average molecular weight is 237 g/mol. The minimum absolute atomic E-state index is 0. The Morgan fingerprint density at radius 2 is 2.33 bits per heavy atom. The third-order valence-electron chi connectivity index (χ3n) is 2.51. The van der Waals surface area contributed by atoms with E-state index in [-0.39, 0.29) is 30.5 Å². The van der Waals surface area contributed by atoms with Crippen LogP contribution in [-0.2, 0) is 9.53 Å². The number of halogens is 1. The molecule has 1 aliphatic rings. The number of carbonyl (C=O) groups excluding carboxylic acids is 1. The van der Waals surface area contributed by atoms with Gasteiger partial charge in [-0.3, -0.25) is 4.79 Å². The highest BCUT2D eigenvalue weighted by atomic mass is 35.5. The van der Waals surface area contributed by atoms with E-state index in [0.717, 1.165) is 26.0 Å². The number of hydrogen-bond donors (Lipinski definition) is 2. The van der Waals surface area contributed by atoms with Gasteiger partial charge in [0.05, 0.1) is 12.1 Å². The average Bonchev–Trinajstić information content (AvgIpc) is 2.67. The smallest absolute Gasteiger partial charge is 0.221 e. The molecule has 90 valence electrons. The summed E-state index contributed by atoms with van der Waals surface area (Å²) in [6.07, 6.45) is 2.93. The zero-order valence-corrected chi connectivity index (χ0v) is 10.2. The first-order valence-corrected chi connectivity index (χ1v) is 5.29. The van der Waals surface area contributed by atoms with E-state index in [1.54, 1.807) is 0 Å². The second-order valence-corrected chi connectivity index (χ2v) is 3.76. The lowest BCUT2D eigenvalue weighted by Crippen LogP contribution is -2.41. The van der Waals surface area contributed by atoms with E-state index < -0.39 is 0 Å². The Labute approximate surface area is 97.5 Å². The highest BCUT2D eigenvalue weighted by molar-refractivity contribution is 5.85. The zero-order valence-electron chi connectivity index (χ0n) is 9.41. The van der Waals surface area contributed by atoms with Crippen molar-refractivity contribution in [2.24, 2.45) is 0 Å². The zero-order chi connectivity index (χ0) is 10.4. The normalized spacial score (nSPS) is 21.9. The van der Waals surface area contributed by atoms with E-state index >= 15 is 0 Å². The maximum atomic E-state index is 11.4. The third kappa shape index (κ3) is 5.35. The summed E-state index contributed by atoms with van der Waals surface area (Å²) in [5.41, 5.74) is 0. The monoisotopic (exact) mass is 236 g/mol. The second kappa shape index (κ2) is 7.91. The quantitative estimate of drug-likeness (QED) is 0.739. The van der Waals surface area contributed by atoms with Gasteiger partial charge in [0.25, 0.3) is 0 Å². The lowest BCUT2D eigenvalue weighted by atomic mass is 10.1. The van der Waals surface area contributed by atoms with Crippen molar-refractivity contribution in [2.45, 2.75) is 38.3 Å². The second-order valence-electron chi connectivity index (χ2n) is 3.76. The van der Waals surface area contributed by atoms with Crippen molar-refractivity contribution in [2.75, 3.05) is 20.2 Å². The summed E-state index contributed by atoms with van der Waals surface area (Å²) in [5, 5.41) is 5.90. The molecule has 0 saturated carbocycles. The van der Waals surface area contributed by atoms with Crippen molar-refractivity contribution < 1.29 is 9.53 Å². The molecule has 5 heteroatoms. The van der Waals surface area contributed by atoms with Crippen molar-refractivity contribution in [3.63, 3.8) is 0 Å². The van der Waals surface area contributed by atoms with Crippen molar-refractivity contribution in [1.29, 1.82) is 0 Å². The molecule has 2 atom stereocenters. The summed E-state index contributed by atoms with van der Waals surface area (Å²) < 4.78 is 5.49. The Morgan fingerprint density at radius 3 is 2.87 bits per heavy atom. The summed E-state index contributed by atoms with van der Waals surface area (Å²) in [6.45, 7) is 3.57. The third-order valence-corrected chi connectivity index (χ3v) is 2.51. The molecule has 15 heavy (non-hydrogen) atoms. The van der Waals surface area contributed by atoms with Crippen LogP contribution in [0.2, 0.25) is 0 Å². The first-order valence-electron chi connectivity index (χ1n) is 5.29. The molecule has 1 fully saturated rings. The Balaban J connectivity index is 0.00000196. The summed E-state index contributed by atoms with van der Waals surface area (Å²) >= 11 is 0. The largest absolute Gasteiger partial charge is 0.376 e. The summed E-state index contributed by atoms with van der Waals surface area (Å²) in [6, 6.07) is 0.141. The highest BCUT2D eigenvalue weighted by Gasteiger charge is 2.23. The van der Waals surface area contributed by atoms with Crippen LogP contribution in [0.1, 0.15) is 26.2 Å². The first kappa shape index (κ1) is 14.7. The van der Waals surface area contributed by atoms with Crippen LogP contribution in [-0.4, -0.2) is 38.3 Å². The van der Waals surface area contributed by atoms with E-state index in [1.165, 1.54) is 0 Å². The maximum Gasteiger partial charge on any atom is 0.221 e. The van der Waals surface area contributed by atoms with Gasteiger partial charge in [0.15, 0.2) is 0 Å². The number of ether oxygens (including phenoxy) is 1. The van der Waals surface area contributed by atoms with Crippen LogP contribution in [0, 0.1) is 0 Å². The van der Waals surface area contributed by atoms with Crippen LogP contribution in [0.5, 0.6) is 0 Å². The minimum atomic E-state index is 0. The molecule has 1 rings (SSSR count). The number of hydrogen-bond acceptors (Lipinski definition) is 3. The van der Waals surface area contributed by atoms with Crippen molar-refractivity contribution in [3.8, 4) is 0 Å². The summed E-state index contributed by atoms with van der Waals surface area (Å²) in [7, 11) is 1.84. The van der Waals surface area contributed by atoms with Gasteiger partial charge >= 0.3 is 0 Å². The Morgan fingerprint density at radius 1 is 1.60 bits per heavy atom. The van der Waals surface area contributed by atoms with Gasteiger partial charge in [0.2, 0.25) is 5.91 Å². The molecule has 2 N–H and O–H groups in total. The van der Waals surface area contributed by atoms with Gasteiger partial charge in [-0.2, -0.15) is 0 Å². The van der Waals surface area contributed by atoms with Crippen LogP contribution in [0.25, 0.3) is 0 Å². The van der Waals surface area contributed by atoms with Crippen molar-refractivity contribution in [3.05, 3.63) is 0 Å². The SMILES string of the molecule is CNCCC(=O)NC(C)C1CCCO1.Cl. The molecule has 0 aliphatic carbocycles.